The molecular formula is C37H44N2O15S5-4. The molecule has 0 unspecified atom stereocenters. The van der Waals surface area contributed by atoms with Gasteiger partial charge in [-0.3, -0.25) is 0 Å². The lowest BCUT2D eigenvalue weighted by Crippen LogP contribution is -2.28. The topological polar surface area (TPSA) is 292 Å². The van der Waals surface area contributed by atoms with E-state index in [1.165, 1.54) is 24.3 Å². The number of allylic oxidation sites excluding steroid dienone is 8. The first kappa shape index (κ1) is 48.1. The van der Waals surface area contributed by atoms with Crippen molar-refractivity contribution in [1.82, 2.24) is 0 Å². The number of rotatable bonds is 19. The Balaban J connectivity index is 1.76. The minimum absolute atomic E-state index is 0.0381. The summed E-state index contributed by atoms with van der Waals surface area (Å²) in [6.45, 7) is 7.51. The normalized spacial score (nSPS) is 18.1. The second-order valence-corrected chi connectivity index (χ2v) is 22.5. The molecule has 17 nitrogen and oxygen atoms in total. The molecule has 0 bridgehead atoms. The summed E-state index contributed by atoms with van der Waals surface area (Å²) < 4.78 is 175. The fourth-order valence-corrected chi connectivity index (χ4v) is 9.79. The summed E-state index contributed by atoms with van der Waals surface area (Å²) in [6.07, 6.45) is 9.91. The van der Waals surface area contributed by atoms with Crippen LogP contribution in [0.4, 0.5) is 11.4 Å². The molecule has 22 heteroatoms. The van der Waals surface area contributed by atoms with E-state index in [1.54, 1.807) is 73.6 Å². The molecule has 0 fully saturated rings. The molecule has 0 amide bonds. The maximum atomic E-state index is 11.9. The van der Waals surface area contributed by atoms with Gasteiger partial charge in [0.15, 0.2) is 5.71 Å². The highest BCUT2D eigenvalue weighted by Crippen LogP contribution is 2.48. The van der Waals surface area contributed by atoms with Gasteiger partial charge in [0.25, 0.3) is 0 Å². The van der Waals surface area contributed by atoms with E-state index in [-0.39, 0.29) is 45.2 Å². The van der Waals surface area contributed by atoms with Crippen molar-refractivity contribution in [1.29, 1.82) is 0 Å². The molecule has 2 aliphatic heterocycles. The van der Waals surface area contributed by atoms with Gasteiger partial charge >= 0.3 is 0 Å². The molecular weight excluding hydrogens is 873 g/mol. The van der Waals surface area contributed by atoms with Crippen LogP contribution in [0.2, 0.25) is 0 Å². The van der Waals surface area contributed by atoms with Crippen LogP contribution in [-0.2, 0) is 61.4 Å². The van der Waals surface area contributed by atoms with Crippen LogP contribution in [-0.4, -0.2) is 105 Å². The first-order valence-corrected chi connectivity index (χ1v) is 25.7. The largest absolute Gasteiger partial charge is 0.748 e. The van der Waals surface area contributed by atoms with E-state index >= 15 is 0 Å². The number of nitrogens with zero attached hydrogens (tertiary/aromatic N) is 2. The van der Waals surface area contributed by atoms with Gasteiger partial charge in [-0.1, -0.05) is 38.2 Å². The van der Waals surface area contributed by atoms with Gasteiger partial charge in [0, 0.05) is 64.7 Å². The van der Waals surface area contributed by atoms with Crippen molar-refractivity contribution in [3.8, 4) is 0 Å². The Labute approximate surface area is 346 Å². The molecule has 0 saturated carbocycles. The predicted molar refractivity (Wildman–Crippen MR) is 213 cm³/mol. The Hall–Kier alpha value is -3.58. The molecule has 0 spiro atoms. The third-order valence-electron chi connectivity index (χ3n) is 10.1. The zero-order valence-corrected chi connectivity index (χ0v) is 36.6. The highest BCUT2D eigenvalue weighted by atomic mass is 32.2. The molecule has 0 aliphatic carbocycles. The molecule has 2 aromatic rings. The molecule has 2 heterocycles. The summed E-state index contributed by atoms with van der Waals surface area (Å²) in [5, 5.41) is 0. The quantitative estimate of drug-likeness (QED) is 0.0846. The zero-order valence-electron chi connectivity index (χ0n) is 32.6. The van der Waals surface area contributed by atoms with Gasteiger partial charge in [-0.25, -0.2) is 42.1 Å². The van der Waals surface area contributed by atoms with Crippen molar-refractivity contribution in [2.24, 2.45) is 0 Å². The predicted octanol–water partition coefficient (Wildman–Crippen LogP) is 3.18. The van der Waals surface area contributed by atoms with Crippen molar-refractivity contribution >= 4 is 67.7 Å². The maximum Gasteiger partial charge on any atom is 0.209 e. The Morgan fingerprint density at radius 2 is 1.20 bits per heavy atom. The van der Waals surface area contributed by atoms with Crippen LogP contribution in [0.25, 0.3) is 0 Å². The van der Waals surface area contributed by atoms with Crippen LogP contribution >= 0.6 is 0 Å². The van der Waals surface area contributed by atoms with Gasteiger partial charge in [0.05, 0.1) is 45.6 Å². The molecule has 0 atom stereocenters. The maximum absolute atomic E-state index is 11.9. The number of benzene rings is 2. The lowest BCUT2D eigenvalue weighted by molar-refractivity contribution is -0.438. The van der Waals surface area contributed by atoms with E-state index < -0.39 is 88.5 Å². The highest BCUT2D eigenvalue weighted by molar-refractivity contribution is 7.86. The van der Waals surface area contributed by atoms with E-state index in [0.717, 1.165) is 12.1 Å². The third-order valence-corrected chi connectivity index (χ3v) is 14.1. The second-order valence-electron chi connectivity index (χ2n) is 15.2. The summed E-state index contributed by atoms with van der Waals surface area (Å²) in [5.41, 5.74) is 1.75. The van der Waals surface area contributed by atoms with Gasteiger partial charge in [-0.2, -0.15) is 4.58 Å². The van der Waals surface area contributed by atoms with Crippen molar-refractivity contribution in [3.05, 3.63) is 95.3 Å². The van der Waals surface area contributed by atoms with Crippen molar-refractivity contribution in [3.63, 3.8) is 0 Å². The molecule has 0 aromatic heterocycles. The van der Waals surface area contributed by atoms with Gasteiger partial charge in [-0.05, 0) is 87.1 Å². The lowest BCUT2D eigenvalue weighted by Gasteiger charge is -2.27. The Bertz CT molecular complexity index is 2690. The molecule has 326 valence electrons. The minimum Gasteiger partial charge on any atom is -0.748 e. The van der Waals surface area contributed by atoms with Gasteiger partial charge in [0.1, 0.15) is 26.8 Å². The zero-order chi connectivity index (χ0) is 44.4. The molecule has 59 heavy (non-hydrogen) atoms. The standard InChI is InChI=1S/C37H48N2O15S5/c1-36(2)30-25-28(58(49,50)51)15-17-32(30)38(20-5-7-22-55(40,41)42)34(36)13-9-11-27(19-24-57(46,47)48)12-10-14-35-37(3,4)31-26-29(59(52,53)54)16-18-33(31)39(35)21-6-8-23-56(43,44)45/h9-18,25-26H,5-8,19-24H2,1-4H3,(H4-,40,41,42,43,44,45,46,47,48,49,50,51,52,53,54)/p-4. The lowest BCUT2D eigenvalue weighted by atomic mass is 9.81. The van der Waals surface area contributed by atoms with E-state index in [4.69, 9.17) is 0 Å². The minimum atomic E-state index is -4.82. The average Bonchev–Trinajstić information content (AvgIpc) is 3.42. The number of anilines is 1. The Kier molecular flexibility index (Phi) is 14.5. The number of hydrogen-bond acceptors (Lipinski definition) is 16. The molecule has 2 aliphatic rings. The van der Waals surface area contributed by atoms with Gasteiger partial charge in [-0.15, -0.1) is 0 Å². The molecule has 2 aromatic carbocycles. The Morgan fingerprint density at radius 1 is 0.661 bits per heavy atom. The monoisotopic (exact) mass is 916 g/mol. The smallest absolute Gasteiger partial charge is 0.209 e. The van der Waals surface area contributed by atoms with Crippen LogP contribution in [0.15, 0.2) is 93.9 Å². The Morgan fingerprint density at radius 3 is 1.76 bits per heavy atom. The second kappa shape index (κ2) is 17.8. The van der Waals surface area contributed by atoms with Gasteiger partial charge in [0.2, 0.25) is 5.69 Å². The van der Waals surface area contributed by atoms with Crippen LogP contribution in [0.3, 0.4) is 0 Å². The summed E-state index contributed by atoms with van der Waals surface area (Å²) in [6, 6.07) is 7.77. The van der Waals surface area contributed by atoms with E-state index in [2.05, 4.69) is 0 Å². The highest BCUT2D eigenvalue weighted by Gasteiger charge is 2.44. The average molecular weight is 917 g/mol. The summed E-state index contributed by atoms with van der Waals surface area (Å²) in [5.74, 6) is -1.95. The number of hydrogen-bond donors (Lipinski definition) is 0. The molecule has 0 radical (unpaired) electrons. The van der Waals surface area contributed by atoms with E-state index in [0.29, 0.717) is 39.5 Å². The fourth-order valence-electron chi connectivity index (χ4n) is 7.19. The van der Waals surface area contributed by atoms with Crippen molar-refractivity contribution < 1.29 is 69.4 Å². The van der Waals surface area contributed by atoms with E-state index in [1.807, 2.05) is 0 Å². The van der Waals surface area contributed by atoms with E-state index in [9.17, 15) is 64.9 Å². The van der Waals surface area contributed by atoms with Crippen LogP contribution in [0, 0.1) is 0 Å². The van der Waals surface area contributed by atoms with Crippen LogP contribution in [0.5, 0.6) is 0 Å². The first-order chi connectivity index (χ1) is 26.9. The summed E-state index contributed by atoms with van der Waals surface area (Å²) in [7, 11) is -23.3. The van der Waals surface area contributed by atoms with Crippen LogP contribution < -0.4 is 4.90 Å². The third kappa shape index (κ3) is 12.7. The number of unbranched alkanes of at least 4 members (excludes halogenated alkanes) is 2. The first-order valence-electron chi connectivity index (χ1n) is 18.1. The molecule has 0 N–H and O–H groups in total. The number of fused-ring (bicyclic) bond motifs is 2. The van der Waals surface area contributed by atoms with Crippen molar-refractivity contribution in [2.45, 2.75) is 80.4 Å². The fraction of sp³-hybridized carbons (Fsp3) is 0.432. The SMILES string of the molecule is CC1(C)C(/C=C/C=C(/C=C/C=C2/N(CCCCS(=O)(=O)[O-])c3ccc(S(=O)(=O)[O-])cc3C2(C)C)CCS(=O)(=O)[O-])=[N+](CCCCS(=O)(=O)[O-])c2ccc(S(=O)(=O)[O-])cc21. The van der Waals surface area contributed by atoms with Gasteiger partial charge < -0.3 is 27.7 Å². The summed E-state index contributed by atoms with van der Waals surface area (Å²) >= 11 is 0. The molecule has 4 rings (SSSR count). The van der Waals surface area contributed by atoms with Crippen LogP contribution in [0.1, 0.15) is 70.9 Å². The summed E-state index contributed by atoms with van der Waals surface area (Å²) in [4.78, 5) is 0.890. The van der Waals surface area contributed by atoms with Crippen molar-refractivity contribution in [2.75, 3.05) is 35.2 Å². The molecule has 0 saturated heterocycles.